The van der Waals surface area contributed by atoms with Crippen LogP contribution in [0.2, 0.25) is 10.3 Å². The van der Waals surface area contributed by atoms with E-state index < -0.39 is 0 Å². The van der Waals surface area contributed by atoms with Gasteiger partial charge in [0, 0.05) is 5.56 Å². The number of hydrogen-bond acceptors (Lipinski definition) is 2. The summed E-state index contributed by atoms with van der Waals surface area (Å²) in [4.78, 5) is 3.97. The molecule has 0 unspecified atom stereocenters. The molecule has 2 rings (SSSR count). The summed E-state index contributed by atoms with van der Waals surface area (Å²) < 4.78 is 5.68. The maximum absolute atomic E-state index is 5.99. The van der Waals surface area contributed by atoms with Crippen molar-refractivity contribution in [3.63, 3.8) is 0 Å². The highest BCUT2D eigenvalue weighted by Gasteiger charge is 2.04. The molecular formula is C15H15Cl2NO. The van der Waals surface area contributed by atoms with Gasteiger partial charge in [-0.3, -0.25) is 0 Å². The van der Waals surface area contributed by atoms with Gasteiger partial charge in [-0.2, -0.15) is 0 Å². The van der Waals surface area contributed by atoms with Gasteiger partial charge in [-0.1, -0.05) is 49.2 Å². The number of benzene rings is 1. The molecule has 0 radical (unpaired) electrons. The van der Waals surface area contributed by atoms with Crippen LogP contribution >= 0.6 is 23.2 Å². The highest BCUT2D eigenvalue weighted by atomic mass is 35.5. The molecule has 4 heteroatoms. The van der Waals surface area contributed by atoms with Crippen molar-refractivity contribution in [1.82, 2.24) is 4.98 Å². The van der Waals surface area contributed by atoms with Gasteiger partial charge >= 0.3 is 0 Å². The summed E-state index contributed by atoms with van der Waals surface area (Å²) in [5.41, 5.74) is 2.11. The lowest BCUT2D eigenvalue weighted by molar-refractivity contribution is 0.306. The fourth-order valence-corrected chi connectivity index (χ4v) is 2.06. The Morgan fingerprint density at radius 1 is 1.05 bits per heavy atom. The van der Waals surface area contributed by atoms with Gasteiger partial charge in [0.05, 0.1) is 0 Å². The normalized spacial score (nSPS) is 10.8. The fourth-order valence-electron chi connectivity index (χ4n) is 1.66. The van der Waals surface area contributed by atoms with E-state index in [1.54, 1.807) is 6.07 Å². The zero-order valence-corrected chi connectivity index (χ0v) is 12.4. The molecule has 0 atom stereocenters. The molecule has 0 N–H and O–H groups in total. The Kier molecular flexibility index (Phi) is 4.67. The van der Waals surface area contributed by atoms with Crippen LogP contribution in [-0.4, -0.2) is 4.98 Å². The first-order chi connectivity index (χ1) is 9.06. The molecule has 1 aromatic carbocycles. The minimum atomic E-state index is 0.379. The second kappa shape index (κ2) is 6.27. The lowest BCUT2D eigenvalue weighted by Gasteiger charge is -2.09. The van der Waals surface area contributed by atoms with E-state index in [1.165, 1.54) is 5.56 Å². The van der Waals surface area contributed by atoms with E-state index in [2.05, 4.69) is 31.0 Å². The zero-order chi connectivity index (χ0) is 13.8. The molecule has 0 fully saturated rings. The summed E-state index contributed by atoms with van der Waals surface area (Å²) in [6.45, 7) is 4.70. The van der Waals surface area contributed by atoms with E-state index in [4.69, 9.17) is 27.9 Å². The van der Waals surface area contributed by atoms with Gasteiger partial charge < -0.3 is 4.74 Å². The van der Waals surface area contributed by atoms with Crippen LogP contribution in [0.5, 0.6) is 5.75 Å². The second-order valence-electron chi connectivity index (χ2n) is 4.60. The van der Waals surface area contributed by atoms with Crippen LogP contribution in [0.25, 0.3) is 0 Å². The van der Waals surface area contributed by atoms with E-state index in [-0.39, 0.29) is 0 Å². The highest BCUT2D eigenvalue weighted by molar-refractivity contribution is 6.32. The van der Waals surface area contributed by atoms with Crippen molar-refractivity contribution in [3.8, 4) is 5.75 Å². The second-order valence-corrected chi connectivity index (χ2v) is 5.34. The Hall–Kier alpha value is -1.25. The molecule has 0 spiro atoms. The van der Waals surface area contributed by atoms with Gasteiger partial charge in [-0.15, -0.1) is 0 Å². The van der Waals surface area contributed by atoms with Crippen molar-refractivity contribution in [1.29, 1.82) is 0 Å². The van der Waals surface area contributed by atoms with Crippen molar-refractivity contribution in [3.05, 3.63) is 57.8 Å². The Bertz CT molecular complexity index is 553. The van der Waals surface area contributed by atoms with Crippen LogP contribution in [-0.2, 0) is 6.61 Å². The largest absolute Gasteiger partial charge is 0.489 e. The van der Waals surface area contributed by atoms with Crippen molar-refractivity contribution >= 4 is 23.2 Å². The van der Waals surface area contributed by atoms with Gasteiger partial charge in [0.25, 0.3) is 0 Å². The Labute approximate surface area is 123 Å². The zero-order valence-electron chi connectivity index (χ0n) is 10.9. The molecule has 0 saturated carbocycles. The summed E-state index contributed by atoms with van der Waals surface area (Å²) in [6.07, 6.45) is 0. The molecular weight excluding hydrogens is 281 g/mol. The predicted octanol–water partition coefficient (Wildman–Crippen LogP) is 5.09. The van der Waals surface area contributed by atoms with Gasteiger partial charge in [-0.05, 0) is 35.7 Å². The third-order valence-electron chi connectivity index (χ3n) is 2.83. The summed E-state index contributed by atoms with van der Waals surface area (Å²) in [5, 5.41) is 0.765. The maximum Gasteiger partial charge on any atom is 0.137 e. The molecule has 0 saturated heterocycles. The molecule has 0 aliphatic heterocycles. The quantitative estimate of drug-likeness (QED) is 0.733. The Balaban J connectivity index is 2.02. The molecule has 19 heavy (non-hydrogen) atoms. The monoisotopic (exact) mass is 295 g/mol. The number of ether oxygens (including phenoxy) is 1. The number of rotatable bonds is 4. The smallest absolute Gasteiger partial charge is 0.137 e. The highest BCUT2D eigenvalue weighted by Crippen LogP contribution is 2.21. The number of aromatic nitrogens is 1. The van der Waals surface area contributed by atoms with Crippen LogP contribution in [0.1, 0.15) is 30.9 Å². The summed E-state index contributed by atoms with van der Waals surface area (Å²) >= 11 is 11.7. The molecule has 0 aliphatic carbocycles. The number of nitrogens with zero attached hydrogens (tertiary/aromatic N) is 1. The van der Waals surface area contributed by atoms with Crippen LogP contribution in [0, 0.1) is 0 Å². The van der Waals surface area contributed by atoms with E-state index in [9.17, 15) is 0 Å². The molecule has 1 aromatic heterocycles. The van der Waals surface area contributed by atoms with Gasteiger partial charge in [0.1, 0.15) is 22.7 Å². The van der Waals surface area contributed by atoms with Crippen molar-refractivity contribution in [2.45, 2.75) is 26.4 Å². The summed E-state index contributed by atoms with van der Waals surface area (Å²) in [5.74, 6) is 1.33. The first-order valence-corrected chi connectivity index (χ1v) is 6.85. The van der Waals surface area contributed by atoms with Gasteiger partial charge in [0.2, 0.25) is 0 Å². The molecule has 1 heterocycles. The van der Waals surface area contributed by atoms with E-state index >= 15 is 0 Å². The lowest BCUT2D eigenvalue weighted by atomic mass is 10.0. The average Bonchev–Trinajstić information content (AvgIpc) is 2.38. The summed E-state index contributed by atoms with van der Waals surface area (Å²) in [7, 11) is 0. The van der Waals surface area contributed by atoms with Crippen LogP contribution in [0.15, 0.2) is 36.4 Å². The topological polar surface area (TPSA) is 22.1 Å². The van der Waals surface area contributed by atoms with Crippen molar-refractivity contribution in [2.24, 2.45) is 0 Å². The molecule has 0 aliphatic rings. The Morgan fingerprint density at radius 2 is 1.74 bits per heavy atom. The first-order valence-electron chi connectivity index (χ1n) is 6.10. The van der Waals surface area contributed by atoms with E-state index in [0.717, 1.165) is 11.3 Å². The average molecular weight is 296 g/mol. The molecule has 0 amide bonds. The van der Waals surface area contributed by atoms with E-state index in [1.807, 2.05) is 18.2 Å². The third-order valence-corrected chi connectivity index (χ3v) is 3.37. The third kappa shape index (κ3) is 3.85. The SMILES string of the molecule is CC(C)c1ccc(OCc2ccc(Cl)nc2Cl)cc1. The van der Waals surface area contributed by atoms with Gasteiger partial charge in [0.15, 0.2) is 0 Å². The molecule has 2 nitrogen and oxygen atoms in total. The van der Waals surface area contributed by atoms with Crippen LogP contribution in [0.3, 0.4) is 0 Å². The van der Waals surface area contributed by atoms with Crippen LogP contribution in [0.4, 0.5) is 0 Å². The number of hydrogen-bond donors (Lipinski definition) is 0. The van der Waals surface area contributed by atoms with E-state index in [0.29, 0.717) is 22.8 Å². The molecule has 0 bridgehead atoms. The molecule has 100 valence electrons. The lowest BCUT2D eigenvalue weighted by Crippen LogP contribution is -1.98. The standard InChI is InChI=1S/C15H15Cl2NO/c1-10(2)11-3-6-13(7-4-11)19-9-12-5-8-14(16)18-15(12)17/h3-8,10H,9H2,1-2H3. The van der Waals surface area contributed by atoms with Crippen molar-refractivity contribution < 1.29 is 4.74 Å². The maximum atomic E-state index is 5.99. The fraction of sp³-hybridized carbons (Fsp3) is 0.267. The number of pyridine rings is 1. The minimum absolute atomic E-state index is 0.379. The first kappa shape index (κ1) is 14.2. The predicted molar refractivity (Wildman–Crippen MR) is 79.1 cm³/mol. The minimum Gasteiger partial charge on any atom is -0.489 e. The number of halogens is 2. The van der Waals surface area contributed by atoms with Gasteiger partial charge in [-0.25, -0.2) is 4.98 Å². The molecule has 2 aromatic rings. The summed E-state index contributed by atoms with van der Waals surface area (Å²) in [6, 6.07) is 11.6. The van der Waals surface area contributed by atoms with Crippen LogP contribution < -0.4 is 4.74 Å². The Morgan fingerprint density at radius 3 is 2.32 bits per heavy atom. The van der Waals surface area contributed by atoms with Crippen molar-refractivity contribution in [2.75, 3.05) is 0 Å².